The van der Waals surface area contributed by atoms with Crippen LogP contribution in [-0.2, 0) is 9.53 Å². The molecule has 158 valence electrons. The van der Waals surface area contributed by atoms with Crippen LogP contribution in [0.4, 0.5) is 10.5 Å². The fraction of sp³-hybridized carbons (Fsp3) is 0.200. The largest absolute Gasteiger partial charge is 0.497 e. The number of amides is 1. The summed E-state index contributed by atoms with van der Waals surface area (Å²) < 4.78 is 10.9. The molecule has 0 radical (unpaired) electrons. The summed E-state index contributed by atoms with van der Waals surface area (Å²) in [6.45, 7) is 0.185. The van der Waals surface area contributed by atoms with E-state index in [0.29, 0.717) is 11.4 Å². The van der Waals surface area contributed by atoms with Gasteiger partial charge in [-0.15, -0.1) is 0 Å². The van der Waals surface area contributed by atoms with Crippen molar-refractivity contribution in [3.63, 3.8) is 0 Å². The van der Waals surface area contributed by atoms with Gasteiger partial charge in [-0.05, 0) is 46.5 Å². The molecule has 4 rings (SSSR count). The van der Waals surface area contributed by atoms with Crippen LogP contribution in [0.2, 0.25) is 0 Å². The van der Waals surface area contributed by atoms with E-state index < -0.39 is 12.1 Å². The number of fused-ring (bicyclic) bond motifs is 3. The van der Waals surface area contributed by atoms with Crippen LogP contribution in [0.3, 0.4) is 0 Å². The lowest BCUT2D eigenvalue weighted by Gasteiger charge is -2.23. The Bertz CT molecular complexity index is 1050. The van der Waals surface area contributed by atoms with Crippen molar-refractivity contribution in [2.24, 2.45) is 0 Å². The summed E-state index contributed by atoms with van der Waals surface area (Å²) in [5.41, 5.74) is 5.10. The number of aliphatic carboxylic acids is 1. The van der Waals surface area contributed by atoms with Crippen LogP contribution in [0.1, 0.15) is 23.5 Å². The lowest BCUT2D eigenvalue weighted by atomic mass is 9.98. The number of carboxylic acids is 1. The van der Waals surface area contributed by atoms with E-state index in [-0.39, 0.29) is 25.5 Å². The molecule has 1 aliphatic rings. The fourth-order valence-corrected chi connectivity index (χ4v) is 3.97. The van der Waals surface area contributed by atoms with E-state index in [1.54, 1.807) is 31.4 Å². The molecule has 0 atom stereocenters. The van der Waals surface area contributed by atoms with E-state index in [4.69, 9.17) is 14.6 Å². The Morgan fingerprint density at radius 1 is 0.903 bits per heavy atom. The van der Waals surface area contributed by atoms with E-state index >= 15 is 0 Å². The molecule has 1 aliphatic carbocycles. The maximum Gasteiger partial charge on any atom is 0.414 e. The maximum atomic E-state index is 13.0. The Hall–Kier alpha value is -3.80. The van der Waals surface area contributed by atoms with Gasteiger partial charge in [0.2, 0.25) is 0 Å². The number of anilines is 1. The van der Waals surface area contributed by atoms with Gasteiger partial charge in [-0.25, -0.2) is 4.79 Å². The first-order valence-electron chi connectivity index (χ1n) is 10.1. The molecule has 1 N–H and O–H groups in total. The van der Waals surface area contributed by atoms with Crippen LogP contribution in [-0.4, -0.2) is 37.4 Å². The number of carboxylic acid groups (broad SMARTS) is 1. The first-order chi connectivity index (χ1) is 15.1. The molecule has 6 nitrogen and oxygen atoms in total. The van der Waals surface area contributed by atoms with Gasteiger partial charge >= 0.3 is 12.1 Å². The molecule has 0 fully saturated rings. The Balaban J connectivity index is 1.54. The molecule has 3 aromatic carbocycles. The van der Waals surface area contributed by atoms with Crippen molar-refractivity contribution < 1.29 is 24.2 Å². The van der Waals surface area contributed by atoms with Gasteiger partial charge in [0.1, 0.15) is 12.4 Å². The summed E-state index contributed by atoms with van der Waals surface area (Å²) in [7, 11) is 1.56. The molecule has 6 heteroatoms. The SMILES string of the molecule is COc1ccc(N(CCC(=O)O)C(=O)OCC2c3ccccc3-c3ccccc32)cc1. The lowest BCUT2D eigenvalue weighted by molar-refractivity contribution is -0.136. The minimum Gasteiger partial charge on any atom is -0.497 e. The van der Waals surface area contributed by atoms with Crippen LogP contribution < -0.4 is 9.64 Å². The van der Waals surface area contributed by atoms with Crippen LogP contribution in [0.25, 0.3) is 11.1 Å². The second kappa shape index (κ2) is 8.92. The minimum atomic E-state index is -0.982. The van der Waals surface area contributed by atoms with Crippen LogP contribution in [0, 0.1) is 0 Å². The number of carbonyl (C=O) groups is 2. The molecule has 0 heterocycles. The highest BCUT2D eigenvalue weighted by Gasteiger charge is 2.30. The van der Waals surface area contributed by atoms with Crippen molar-refractivity contribution in [2.45, 2.75) is 12.3 Å². The summed E-state index contributed by atoms with van der Waals surface area (Å²) in [5.74, 6) is -0.395. The number of ether oxygens (including phenoxy) is 2. The molecule has 0 saturated heterocycles. The number of rotatable bonds is 7. The Morgan fingerprint density at radius 2 is 1.48 bits per heavy atom. The highest BCUT2D eigenvalue weighted by atomic mass is 16.6. The summed E-state index contributed by atoms with van der Waals surface area (Å²) in [6, 6.07) is 23.1. The smallest absolute Gasteiger partial charge is 0.414 e. The highest BCUT2D eigenvalue weighted by Crippen LogP contribution is 2.44. The average molecular weight is 417 g/mol. The summed E-state index contributed by atoms with van der Waals surface area (Å²) >= 11 is 0. The van der Waals surface area contributed by atoms with Gasteiger partial charge < -0.3 is 14.6 Å². The van der Waals surface area contributed by atoms with Crippen molar-refractivity contribution >= 4 is 17.7 Å². The standard InChI is InChI=1S/C25H23NO5/c1-30-18-12-10-17(11-13-18)26(15-14-24(27)28)25(29)31-16-23-21-8-4-2-6-19(21)20-7-3-5-9-22(20)23/h2-13,23H,14-16H2,1H3,(H,27,28). The monoisotopic (exact) mass is 417 g/mol. The van der Waals surface area contributed by atoms with Gasteiger partial charge in [0, 0.05) is 18.2 Å². The summed E-state index contributed by atoms with van der Waals surface area (Å²) in [4.78, 5) is 25.4. The van der Waals surface area contributed by atoms with Crippen LogP contribution in [0.5, 0.6) is 5.75 Å². The highest BCUT2D eigenvalue weighted by molar-refractivity contribution is 5.88. The number of hydrogen-bond acceptors (Lipinski definition) is 4. The predicted octanol–water partition coefficient (Wildman–Crippen LogP) is 4.93. The molecule has 0 bridgehead atoms. The zero-order valence-electron chi connectivity index (χ0n) is 17.2. The number of nitrogens with zero attached hydrogens (tertiary/aromatic N) is 1. The first-order valence-corrected chi connectivity index (χ1v) is 10.1. The Morgan fingerprint density at radius 3 is 2.03 bits per heavy atom. The molecular weight excluding hydrogens is 394 g/mol. The van der Waals surface area contributed by atoms with E-state index in [9.17, 15) is 9.59 Å². The molecule has 3 aromatic rings. The molecule has 0 saturated carbocycles. The number of methoxy groups -OCH3 is 1. The Kier molecular flexibility index (Phi) is 5.89. The van der Waals surface area contributed by atoms with Crippen LogP contribution >= 0.6 is 0 Å². The van der Waals surface area contributed by atoms with E-state index in [0.717, 1.165) is 22.3 Å². The van der Waals surface area contributed by atoms with E-state index in [1.807, 2.05) is 24.3 Å². The molecule has 0 spiro atoms. The summed E-state index contributed by atoms with van der Waals surface area (Å²) in [5, 5.41) is 9.10. The average Bonchev–Trinajstić information content (AvgIpc) is 3.12. The molecular formula is C25H23NO5. The van der Waals surface area contributed by atoms with Gasteiger partial charge in [0.05, 0.1) is 13.5 Å². The number of carbonyl (C=O) groups excluding carboxylic acids is 1. The maximum absolute atomic E-state index is 13.0. The molecule has 31 heavy (non-hydrogen) atoms. The minimum absolute atomic E-state index is 0.0122. The van der Waals surface area contributed by atoms with Crippen LogP contribution in [0.15, 0.2) is 72.8 Å². The van der Waals surface area contributed by atoms with E-state index in [2.05, 4.69) is 24.3 Å². The fourth-order valence-electron chi connectivity index (χ4n) is 3.97. The van der Waals surface area contributed by atoms with Crippen molar-refractivity contribution in [3.8, 4) is 16.9 Å². The molecule has 0 aromatic heterocycles. The molecule has 0 unspecified atom stereocenters. The first kappa shape index (κ1) is 20.5. The third-order valence-corrected chi connectivity index (χ3v) is 5.49. The summed E-state index contributed by atoms with van der Waals surface area (Å²) in [6.07, 6.45) is -0.760. The molecule has 0 aliphatic heterocycles. The van der Waals surface area contributed by atoms with Crippen molar-refractivity contribution in [1.29, 1.82) is 0 Å². The second-order valence-corrected chi connectivity index (χ2v) is 7.30. The van der Waals surface area contributed by atoms with Gasteiger partial charge in [-0.3, -0.25) is 9.69 Å². The lowest BCUT2D eigenvalue weighted by Crippen LogP contribution is -2.34. The topological polar surface area (TPSA) is 76.1 Å². The zero-order chi connectivity index (χ0) is 21.8. The quantitative estimate of drug-likeness (QED) is 0.590. The number of hydrogen-bond donors (Lipinski definition) is 1. The second-order valence-electron chi connectivity index (χ2n) is 7.30. The number of benzene rings is 3. The van der Waals surface area contributed by atoms with Crippen molar-refractivity contribution in [2.75, 3.05) is 25.2 Å². The third kappa shape index (κ3) is 4.23. The predicted molar refractivity (Wildman–Crippen MR) is 118 cm³/mol. The Labute approximate surface area is 180 Å². The van der Waals surface area contributed by atoms with E-state index in [1.165, 1.54) is 4.90 Å². The molecule has 1 amide bonds. The normalized spacial score (nSPS) is 12.0. The van der Waals surface area contributed by atoms with Crippen molar-refractivity contribution in [3.05, 3.63) is 83.9 Å². The van der Waals surface area contributed by atoms with Gasteiger partial charge in [0.25, 0.3) is 0 Å². The third-order valence-electron chi connectivity index (χ3n) is 5.49. The van der Waals surface area contributed by atoms with Gasteiger partial charge in [-0.2, -0.15) is 0 Å². The van der Waals surface area contributed by atoms with Gasteiger partial charge in [0.15, 0.2) is 0 Å². The zero-order valence-corrected chi connectivity index (χ0v) is 17.2. The van der Waals surface area contributed by atoms with Gasteiger partial charge in [-0.1, -0.05) is 48.5 Å². The van der Waals surface area contributed by atoms with Crippen molar-refractivity contribution in [1.82, 2.24) is 0 Å².